The van der Waals surface area contributed by atoms with Gasteiger partial charge < -0.3 is 10.2 Å². The normalized spacial score (nSPS) is 29.8. The van der Waals surface area contributed by atoms with Crippen LogP contribution in [0.1, 0.15) is 57.8 Å². The zero-order valence-corrected chi connectivity index (χ0v) is 11.6. The molecule has 1 atom stereocenters. The Bertz CT molecular complexity index is 197. The number of piperidine rings is 1. The standard InChI is InChI=1S/C15H30N2/c1-17-11-7-8-14(13-17)12-16-15-9-5-3-2-4-6-10-15/h14-16H,2-13H2,1H3. The van der Waals surface area contributed by atoms with Gasteiger partial charge in [-0.2, -0.15) is 0 Å². The van der Waals surface area contributed by atoms with Crippen LogP contribution in [0.3, 0.4) is 0 Å². The lowest BCUT2D eigenvalue weighted by Gasteiger charge is -2.31. The van der Waals surface area contributed by atoms with Crippen molar-refractivity contribution >= 4 is 0 Å². The number of hydrogen-bond acceptors (Lipinski definition) is 2. The molecule has 0 aromatic heterocycles. The molecule has 1 heterocycles. The van der Waals surface area contributed by atoms with Crippen LogP contribution in [-0.4, -0.2) is 37.6 Å². The van der Waals surface area contributed by atoms with Gasteiger partial charge in [-0.3, -0.25) is 0 Å². The molecule has 100 valence electrons. The third-order valence-electron chi connectivity index (χ3n) is 4.52. The minimum Gasteiger partial charge on any atom is -0.314 e. The fourth-order valence-corrected chi connectivity index (χ4v) is 3.43. The average Bonchev–Trinajstić information content (AvgIpc) is 2.27. The molecule has 0 aromatic carbocycles. The zero-order chi connectivity index (χ0) is 11.9. The van der Waals surface area contributed by atoms with Gasteiger partial charge in [-0.25, -0.2) is 0 Å². The van der Waals surface area contributed by atoms with Gasteiger partial charge in [0.2, 0.25) is 0 Å². The molecule has 0 radical (unpaired) electrons. The van der Waals surface area contributed by atoms with E-state index in [9.17, 15) is 0 Å². The van der Waals surface area contributed by atoms with E-state index in [0.29, 0.717) is 0 Å². The van der Waals surface area contributed by atoms with Crippen LogP contribution in [-0.2, 0) is 0 Å². The molecule has 0 amide bonds. The Morgan fingerprint density at radius 3 is 2.35 bits per heavy atom. The van der Waals surface area contributed by atoms with E-state index in [1.54, 1.807) is 0 Å². The summed E-state index contributed by atoms with van der Waals surface area (Å²) in [7, 11) is 2.27. The Labute approximate surface area is 107 Å². The molecule has 2 aliphatic rings. The number of nitrogens with zero attached hydrogens (tertiary/aromatic N) is 1. The van der Waals surface area contributed by atoms with Crippen LogP contribution in [0.25, 0.3) is 0 Å². The Kier molecular flexibility index (Phi) is 5.79. The fraction of sp³-hybridized carbons (Fsp3) is 1.00. The van der Waals surface area contributed by atoms with Crippen molar-refractivity contribution in [3.63, 3.8) is 0 Å². The van der Waals surface area contributed by atoms with Crippen molar-refractivity contribution in [3.8, 4) is 0 Å². The van der Waals surface area contributed by atoms with Gasteiger partial charge in [-0.05, 0) is 51.7 Å². The van der Waals surface area contributed by atoms with E-state index in [2.05, 4.69) is 17.3 Å². The van der Waals surface area contributed by atoms with E-state index in [4.69, 9.17) is 0 Å². The van der Waals surface area contributed by atoms with E-state index >= 15 is 0 Å². The van der Waals surface area contributed by atoms with Crippen LogP contribution in [0.5, 0.6) is 0 Å². The molecule has 17 heavy (non-hydrogen) atoms. The Morgan fingerprint density at radius 1 is 0.941 bits per heavy atom. The van der Waals surface area contributed by atoms with Gasteiger partial charge in [0.15, 0.2) is 0 Å². The number of nitrogens with one attached hydrogen (secondary N) is 1. The summed E-state index contributed by atoms with van der Waals surface area (Å²) in [6, 6.07) is 0.822. The maximum atomic E-state index is 3.85. The first kappa shape index (κ1) is 13.4. The van der Waals surface area contributed by atoms with Gasteiger partial charge in [0.25, 0.3) is 0 Å². The van der Waals surface area contributed by atoms with Crippen LogP contribution < -0.4 is 5.32 Å². The lowest BCUT2D eigenvalue weighted by molar-refractivity contribution is 0.200. The zero-order valence-electron chi connectivity index (χ0n) is 11.6. The second-order valence-electron chi connectivity index (χ2n) is 6.22. The highest BCUT2D eigenvalue weighted by molar-refractivity contribution is 4.76. The molecule has 1 unspecified atom stereocenters. The van der Waals surface area contributed by atoms with Gasteiger partial charge in [-0.15, -0.1) is 0 Å². The molecule has 0 aromatic rings. The molecule has 1 N–H and O–H groups in total. The molecular formula is C15H30N2. The van der Waals surface area contributed by atoms with Gasteiger partial charge in [0.1, 0.15) is 0 Å². The minimum absolute atomic E-state index is 0.822. The van der Waals surface area contributed by atoms with Crippen LogP contribution in [0.15, 0.2) is 0 Å². The second kappa shape index (κ2) is 7.38. The van der Waals surface area contributed by atoms with Crippen molar-refractivity contribution in [2.75, 3.05) is 26.7 Å². The molecular weight excluding hydrogens is 208 g/mol. The summed E-state index contributed by atoms with van der Waals surface area (Å²) in [6.07, 6.45) is 13.0. The third kappa shape index (κ3) is 4.97. The predicted molar refractivity (Wildman–Crippen MR) is 74.3 cm³/mol. The molecule has 0 spiro atoms. The lowest BCUT2D eigenvalue weighted by Crippen LogP contribution is -2.40. The van der Waals surface area contributed by atoms with Crippen LogP contribution in [0.2, 0.25) is 0 Å². The van der Waals surface area contributed by atoms with Gasteiger partial charge >= 0.3 is 0 Å². The SMILES string of the molecule is CN1CCCC(CNC2CCCCCCC2)C1. The van der Waals surface area contributed by atoms with Crippen LogP contribution >= 0.6 is 0 Å². The summed E-state index contributed by atoms with van der Waals surface area (Å²) in [4.78, 5) is 2.49. The van der Waals surface area contributed by atoms with E-state index in [1.807, 2.05) is 0 Å². The van der Waals surface area contributed by atoms with E-state index in [-0.39, 0.29) is 0 Å². The first-order chi connectivity index (χ1) is 8.34. The summed E-state index contributed by atoms with van der Waals surface area (Å²) in [5.41, 5.74) is 0. The first-order valence-corrected chi connectivity index (χ1v) is 7.76. The van der Waals surface area contributed by atoms with Crippen molar-refractivity contribution in [1.82, 2.24) is 10.2 Å². The summed E-state index contributed by atoms with van der Waals surface area (Å²) >= 11 is 0. The highest BCUT2D eigenvalue weighted by atomic mass is 15.1. The smallest absolute Gasteiger partial charge is 0.00671 e. The monoisotopic (exact) mass is 238 g/mol. The van der Waals surface area contributed by atoms with E-state index in [0.717, 1.165) is 12.0 Å². The molecule has 2 heteroatoms. The minimum atomic E-state index is 0.822. The van der Waals surface area contributed by atoms with Crippen molar-refractivity contribution in [3.05, 3.63) is 0 Å². The predicted octanol–water partition coefficient (Wildman–Crippen LogP) is 3.03. The van der Waals surface area contributed by atoms with Crippen molar-refractivity contribution in [1.29, 1.82) is 0 Å². The van der Waals surface area contributed by atoms with Crippen molar-refractivity contribution < 1.29 is 0 Å². The van der Waals surface area contributed by atoms with E-state index < -0.39 is 0 Å². The third-order valence-corrected chi connectivity index (χ3v) is 4.52. The summed E-state index contributed by atoms with van der Waals surface area (Å²) in [6.45, 7) is 3.87. The van der Waals surface area contributed by atoms with E-state index in [1.165, 1.54) is 77.4 Å². The van der Waals surface area contributed by atoms with Gasteiger partial charge in [0, 0.05) is 12.6 Å². The van der Waals surface area contributed by atoms with Crippen molar-refractivity contribution in [2.45, 2.75) is 63.8 Å². The Morgan fingerprint density at radius 2 is 1.65 bits per heavy atom. The Balaban J connectivity index is 1.65. The van der Waals surface area contributed by atoms with Gasteiger partial charge in [-0.1, -0.05) is 32.1 Å². The fourth-order valence-electron chi connectivity index (χ4n) is 3.43. The number of rotatable bonds is 3. The molecule has 2 rings (SSSR count). The van der Waals surface area contributed by atoms with Crippen LogP contribution in [0, 0.1) is 5.92 Å². The molecule has 1 aliphatic heterocycles. The topological polar surface area (TPSA) is 15.3 Å². The van der Waals surface area contributed by atoms with Gasteiger partial charge in [0.05, 0.1) is 0 Å². The molecule has 1 saturated heterocycles. The largest absolute Gasteiger partial charge is 0.314 e. The highest BCUT2D eigenvalue weighted by Gasteiger charge is 2.18. The molecule has 0 bridgehead atoms. The van der Waals surface area contributed by atoms with Crippen molar-refractivity contribution in [2.24, 2.45) is 5.92 Å². The molecule has 1 aliphatic carbocycles. The number of hydrogen-bond donors (Lipinski definition) is 1. The summed E-state index contributed by atoms with van der Waals surface area (Å²) < 4.78 is 0. The van der Waals surface area contributed by atoms with Crippen LogP contribution in [0.4, 0.5) is 0 Å². The maximum absolute atomic E-state index is 3.85. The summed E-state index contributed by atoms with van der Waals surface area (Å²) in [5.74, 6) is 0.902. The summed E-state index contributed by atoms with van der Waals surface area (Å²) in [5, 5.41) is 3.85. The average molecular weight is 238 g/mol. The Hall–Kier alpha value is -0.0800. The quantitative estimate of drug-likeness (QED) is 0.813. The first-order valence-electron chi connectivity index (χ1n) is 7.76. The lowest BCUT2D eigenvalue weighted by atomic mass is 9.94. The molecule has 2 fully saturated rings. The second-order valence-corrected chi connectivity index (χ2v) is 6.22. The molecule has 2 nitrogen and oxygen atoms in total. The number of likely N-dealkylation sites (tertiary alicyclic amines) is 1. The maximum Gasteiger partial charge on any atom is 0.00671 e. The highest BCUT2D eigenvalue weighted by Crippen LogP contribution is 2.19. The molecule has 1 saturated carbocycles.